The Hall–Kier alpha value is -0.790. The fourth-order valence-electron chi connectivity index (χ4n) is 3.13. The number of alkyl halides is 3. The maximum absolute atomic E-state index is 12.5. The van der Waals surface area contributed by atoms with Crippen molar-refractivity contribution in [3.05, 3.63) is 28.2 Å². The van der Waals surface area contributed by atoms with Gasteiger partial charge >= 0.3 is 6.36 Å². The first kappa shape index (κ1) is 17.0. The van der Waals surface area contributed by atoms with Gasteiger partial charge < -0.3 is 10.1 Å². The first-order chi connectivity index (χ1) is 10.9. The SMILES string of the molecule is FC(F)(F)Oc1cc(Br)cc([C@@H](CC2CC2)N2CCNCC2)c1. The highest BCUT2D eigenvalue weighted by atomic mass is 79.9. The molecule has 0 radical (unpaired) electrons. The second-order valence-corrected chi connectivity index (χ2v) is 7.16. The summed E-state index contributed by atoms with van der Waals surface area (Å²) in [6.45, 7) is 3.67. The predicted octanol–water partition coefficient (Wildman–Crippen LogP) is 4.09. The van der Waals surface area contributed by atoms with Gasteiger partial charge in [-0.3, -0.25) is 4.90 Å². The lowest BCUT2D eigenvalue weighted by Crippen LogP contribution is -2.45. The summed E-state index contributed by atoms with van der Waals surface area (Å²) in [7, 11) is 0. The summed E-state index contributed by atoms with van der Waals surface area (Å²) in [5, 5.41) is 3.32. The van der Waals surface area contributed by atoms with Crippen LogP contribution >= 0.6 is 15.9 Å². The number of nitrogens with one attached hydrogen (secondary N) is 1. The molecule has 1 aliphatic heterocycles. The van der Waals surface area contributed by atoms with Crippen LogP contribution in [0, 0.1) is 5.92 Å². The van der Waals surface area contributed by atoms with E-state index in [9.17, 15) is 13.2 Å². The summed E-state index contributed by atoms with van der Waals surface area (Å²) in [6, 6.07) is 4.96. The average molecular weight is 393 g/mol. The van der Waals surface area contributed by atoms with E-state index in [-0.39, 0.29) is 11.8 Å². The number of hydrogen-bond donors (Lipinski definition) is 1. The molecule has 0 unspecified atom stereocenters. The largest absolute Gasteiger partial charge is 0.573 e. The normalized spacial score (nSPS) is 21.2. The Labute approximate surface area is 142 Å². The van der Waals surface area contributed by atoms with Crippen molar-refractivity contribution in [1.29, 1.82) is 0 Å². The molecule has 1 saturated heterocycles. The molecular formula is C16H20BrF3N2O. The van der Waals surface area contributed by atoms with Crippen LogP contribution in [0.4, 0.5) is 13.2 Å². The van der Waals surface area contributed by atoms with Gasteiger partial charge in [0.05, 0.1) is 0 Å². The third-order valence-electron chi connectivity index (χ3n) is 4.36. The number of ether oxygens (including phenoxy) is 1. The number of rotatable bonds is 5. The molecule has 2 aliphatic rings. The maximum Gasteiger partial charge on any atom is 0.573 e. The van der Waals surface area contributed by atoms with Crippen LogP contribution in [0.2, 0.25) is 0 Å². The Morgan fingerprint density at radius 1 is 1.22 bits per heavy atom. The standard InChI is InChI=1S/C16H20BrF3N2O/c17-13-8-12(9-14(10-13)23-16(18,19)20)15(7-11-1-2-11)22-5-3-21-4-6-22/h8-11,15,21H,1-7H2/t15-/m1/s1. The van der Waals surface area contributed by atoms with E-state index in [2.05, 4.69) is 30.9 Å². The zero-order valence-electron chi connectivity index (χ0n) is 12.7. The molecule has 0 spiro atoms. The topological polar surface area (TPSA) is 24.5 Å². The third kappa shape index (κ3) is 5.09. The second-order valence-electron chi connectivity index (χ2n) is 6.25. The molecule has 0 aromatic heterocycles. The first-order valence-electron chi connectivity index (χ1n) is 7.92. The van der Waals surface area contributed by atoms with Crippen LogP contribution in [0.15, 0.2) is 22.7 Å². The molecule has 7 heteroatoms. The molecule has 1 N–H and O–H groups in total. The molecule has 1 heterocycles. The molecular weight excluding hydrogens is 373 g/mol. The molecule has 1 atom stereocenters. The van der Waals surface area contributed by atoms with Gasteiger partial charge in [-0.25, -0.2) is 0 Å². The molecule has 3 rings (SSSR count). The van der Waals surface area contributed by atoms with Crippen LogP contribution in [0.5, 0.6) is 5.75 Å². The zero-order chi connectivity index (χ0) is 16.4. The highest BCUT2D eigenvalue weighted by molar-refractivity contribution is 9.10. The van der Waals surface area contributed by atoms with Gasteiger partial charge in [-0.15, -0.1) is 13.2 Å². The molecule has 3 nitrogen and oxygen atoms in total. The molecule has 0 bridgehead atoms. The highest BCUT2D eigenvalue weighted by Gasteiger charge is 2.33. The fourth-order valence-corrected chi connectivity index (χ4v) is 3.62. The maximum atomic E-state index is 12.5. The van der Waals surface area contributed by atoms with Crippen molar-refractivity contribution in [2.24, 2.45) is 5.92 Å². The summed E-state index contributed by atoms with van der Waals surface area (Å²) < 4.78 is 42.3. The smallest absolute Gasteiger partial charge is 0.406 e. The summed E-state index contributed by atoms with van der Waals surface area (Å²) in [5.74, 6) is 0.540. The van der Waals surface area contributed by atoms with Gasteiger partial charge in [0.15, 0.2) is 0 Å². The van der Waals surface area contributed by atoms with Crippen LogP contribution in [-0.4, -0.2) is 37.4 Å². The van der Waals surface area contributed by atoms with E-state index in [4.69, 9.17) is 0 Å². The monoisotopic (exact) mass is 392 g/mol. The number of nitrogens with zero attached hydrogens (tertiary/aromatic N) is 1. The van der Waals surface area contributed by atoms with E-state index in [0.717, 1.165) is 38.2 Å². The Bertz CT molecular complexity index is 543. The molecule has 2 fully saturated rings. The zero-order valence-corrected chi connectivity index (χ0v) is 14.3. The van der Waals surface area contributed by atoms with E-state index in [1.807, 2.05) is 6.07 Å². The van der Waals surface area contributed by atoms with Gasteiger partial charge in [0.1, 0.15) is 5.75 Å². The molecule has 128 valence electrons. The first-order valence-corrected chi connectivity index (χ1v) is 8.71. The predicted molar refractivity (Wildman–Crippen MR) is 85.3 cm³/mol. The van der Waals surface area contributed by atoms with Crippen LogP contribution in [0.3, 0.4) is 0 Å². The number of benzene rings is 1. The quantitative estimate of drug-likeness (QED) is 0.816. The Balaban J connectivity index is 1.84. The van der Waals surface area contributed by atoms with E-state index < -0.39 is 6.36 Å². The Kier molecular flexibility index (Phi) is 5.18. The molecule has 23 heavy (non-hydrogen) atoms. The van der Waals surface area contributed by atoms with Crippen LogP contribution in [0.1, 0.15) is 30.9 Å². The summed E-state index contributed by atoms with van der Waals surface area (Å²) in [5.41, 5.74) is 0.896. The van der Waals surface area contributed by atoms with Gasteiger partial charge in [-0.1, -0.05) is 28.8 Å². The number of hydrogen-bond acceptors (Lipinski definition) is 3. The molecule has 1 aromatic rings. The fraction of sp³-hybridized carbons (Fsp3) is 0.625. The van der Waals surface area contributed by atoms with Crippen molar-refractivity contribution in [3.63, 3.8) is 0 Å². The van der Waals surface area contributed by atoms with Crippen LogP contribution < -0.4 is 10.1 Å². The number of piperazine rings is 1. The van der Waals surface area contributed by atoms with Crippen LogP contribution in [0.25, 0.3) is 0 Å². The molecule has 0 amide bonds. The van der Waals surface area contributed by atoms with Gasteiger partial charge in [0.2, 0.25) is 0 Å². The lowest BCUT2D eigenvalue weighted by atomic mass is 9.98. The minimum Gasteiger partial charge on any atom is -0.406 e. The van der Waals surface area contributed by atoms with E-state index in [1.165, 1.54) is 25.0 Å². The lowest BCUT2D eigenvalue weighted by Gasteiger charge is -2.35. The molecule has 1 aliphatic carbocycles. The van der Waals surface area contributed by atoms with Gasteiger partial charge in [0, 0.05) is 36.7 Å². The summed E-state index contributed by atoms with van der Waals surface area (Å²) in [6.07, 6.45) is -1.22. The Morgan fingerprint density at radius 2 is 1.91 bits per heavy atom. The van der Waals surface area contributed by atoms with E-state index in [1.54, 1.807) is 0 Å². The lowest BCUT2D eigenvalue weighted by molar-refractivity contribution is -0.274. The van der Waals surface area contributed by atoms with Crippen molar-refractivity contribution in [3.8, 4) is 5.75 Å². The summed E-state index contributed by atoms with van der Waals surface area (Å²) >= 11 is 3.32. The van der Waals surface area contributed by atoms with Crippen molar-refractivity contribution in [2.45, 2.75) is 31.7 Å². The van der Waals surface area contributed by atoms with Crippen molar-refractivity contribution < 1.29 is 17.9 Å². The van der Waals surface area contributed by atoms with E-state index >= 15 is 0 Å². The van der Waals surface area contributed by atoms with Crippen molar-refractivity contribution in [1.82, 2.24) is 10.2 Å². The molecule has 1 saturated carbocycles. The van der Waals surface area contributed by atoms with Gasteiger partial charge in [-0.2, -0.15) is 0 Å². The van der Waals surface area contributed by atoms with Gasteiger partial charge in [-0.05, 0) is 36.1 Å². The van der Waals surface area contributed by atoms with Crippen LogP contribution in [-0.2, 0) is 0 Å². The Morgan fingerprint density at radius 3 is 2.52 bits per heavy atom. The molecule has 1 aromatic carbocycles. The van der Waals surface area contributed by atoms with Gasteiger partial charge in [0.25, 0.3) is 0 Å². The third-order valence-corrected chi connectivity index (χ3v) is 4.82. The average Bonchev–Trinajstić information content (AvgIpc) is 3.27. The van der Waals surface area contributed by atoms with Crippen molar-refractivity contribution >= 4 is 15.9 Å². The minimum absolute atomic E-state index is 0.151. The summed E-state index contributed by atoms with van der Waals surface area (Å²) in [4.78, 5) is 2.37. The second kappa shape index (κ2) is 6.99. The highest BCUT2D eigenvalue weighted by Crippen LogP contribution is 2.41. The van der Waals surface area contributed by atoms with Crippen molar-refractivity contribution in [2.75, 3.05) is 26.2 Å². The minimum atomic E-state index is -4.67. The van der Waals surface area contributed by atoms with E-state index in [0.29, 0.717) is 10.4 Å². The number of halogens is 4.